The Balaban J connectivity index is 1.77. The van der Waals surface area contributed by atoms with E-state index in [4.69, 9.17) is 4.84 Å². The highest BCUT2D eigenvalue weighted by atomic mass is 16.7. The van der Waals surface area contributed by atoms with Crippen molar-refractivity contribution in [2.45, 2.75) is 50.8 Å². The maximum atomic E-state index is 13.5. The lowest BCUT2D eigenvalue weighted by Gasteiger charge is -2.31. The molecule has 0 aromatic heterocycles. The van der Waals surface area contributed by atoms with E-state index in [9.17, 15) is 4.79 Å². The van der Waals surface area contributed by atoms with E-state index >= 15 is 0 Å². The molecule has 2 aliphatic heterocycles. The van der Waals surface area contributed by atoms with Crippen LogP contribution in [0.4, 0.5) is 5.69 Å². The Hall–Kier alpha value is -2.59. The summed E-state index contributed by atoms with van der Waals surface area (Å²) in [5, 5.41) is 1.92. The van der Waals surface area contributed by atoms with Crippen LogP contribution in [-0.4, -0.2) is 21.9 Å². The smallest absolute Gasteiger partial charge is 0.262 e. The predicted octanol–water partition coefficient (Wildman–Crippen LogP) is 4.85. The minimum atomic E-state index is -0.862. The van der Waals surface area contributed by atoms with Gasteiger partial charge >= 0.3 is 0 Å². The molecule has 4 rings (SSSR count). The third-order valence-electron chi connectivity index (χ3n) is 5.57. The fourth-order valence-corrected chi connectivity index (χ4v) is 4.67. The minimum Gasteiger partial charge on any atom is -0.309 e. The van der Waals surface area contributed by atoms with Crippen LogP contribution in [-0.2, 0) is 9.63 Å². The molecule has 1 spiro atoms. The fourth-order valence-electron chi connectivity index (χ4n) is 4.67. The molecule has 2 heterocycles. The number of para-hydroxylation sites is 1. The van der Waals surface area contributed by atoms with Gasteiger partial charge in [-0.1, -0.05) is 55.1 Å². The Labute approximate surface area is 161 Å². The summed E-state index contributed by atoms with van der Waals surface area (Å²) in [6, 6.07) is 20.3. The second kappa shape index (κ2) is 6.24. The van der Waals surface area contributed by atoms with Crippen LogP contribution >= 0.6 is 0 Å². The number of hydroxylamine groups is 1. The van der Waals surface area contributed by atoms with Gasteiger partial charge in [0.2, 0.25) is 0 Å². The van der Waals surface area contributed by atoms with Crippen molar-refractivity contribution in [2.75, 3.05) is 5.06 Å². The molecular formula is C23H26N2O2. The fraction of sp³-hybridized carbons (Fsp3) is 0.348. The Morgan fingerprint density at radius 1 is 1.07 bits per heavy atom. The zero-order chi connectivity index (χ0) is 19.2. The van der Waals surface area contributed by atoms with Gasteiger partial charge in [0.05, 0.1) is 11.7 Å². The van der Waals surface area contributed by atoms with Crippen LogP contribution in [0.3, 0.4) is 0 Å². The second-order valence-corrected chi connectivity index (χ2v) is 8.24. The molecule has 0 N–H and O–H groups in total. The van der Waals surface area contributed by atoms with Crippen molar-refractivity contribution < 1.29 is 9.63 Å². The number of carbonyl (C=O) groups excluding carboxylic acids is 1. The van der Waals surface area contributed by atoms with Crippen molar-refractivity contribution in [3.63, 3.8) is 0 Å². The van der Waals surface area contributed by atoms with Crippen LogP contribution < -0.4 is 5.06 Å². The maximum Gasteiger partial charge on any atom is 0.262 e. The number of rotatable bonds is 3. The molecule has 4 nitrogen and oxygen atoms in total. The highest BCUT2D eigenvalue weighted by molar-refractivity contribution is 5.91. The number of benzene rings is 2. The van der Waals surface area contributed by atoms with Gasteiger partial charge in [-0.05, 0) is 38.5 Å². The van der Waals surface area contributed by atoms with E-state index in [1.54, 1.807) is 0 Å². The molecule has 2 saturated heterocycles. The lowest BCUT2D eigenvalue weighted by atomic mass is 9.86. The molecule has 2 aromatic rings. The SMILES string of the molecule is C=C(C)N1C(=O)[C@]2(C[C@H](c3ccccc3)N(c3ccccc3)O2)CC1(C)C. The summed E-state index contributed by atoms with van der Waals surface area (Å²) in [5.41, 5.74) is 1.69. The van der Waals surface area contributed by atoms with E-state index in [2.05, 4.69) is 32.6 Å². The van der Waals surface area contributed by atoms with Crippen LogP contribution in [0.5, 0.6) is 0 Å². The van der Waals surface area contributed by atoms with Gasteiger partial charge < -0.3 is 4.90 Å². The zero-order valence-corrected chi connectivity index (χ0v) is 16.2. The van der Waals surface area contributed by atoms with Gasteiger partial charge in [0, 0.05) is 24.1 Å². The van der Waals surface area contributed by atoms with Crippen LogP contribution in [0.2, 0.25) is 0 Å². The Kier molecular flexibility index (Phi) is 4.11. The molecule has 140 valence electrons. The molecule has 2 aromatic carbocycles. The number of likely N-dealkylation sites (tertiary alicyclic amines) is 1. The van der Waals surface area contributed by atoms with E-state index < -0.39 is 5.60 Å². The first kappa shape index (κ1) is 17.8. The van der Waals surface area contributed by atoms with E-state index in [0.717, 1.165) is 16.9 Å². The van der Waals surface area contributed by atoms with E-state index in [1.807, 2.05) is 65.4 Å². The summed E-state index contributed by atoms with van der Waals surface area (Å²) in [6.45, 7) is 10.1. The number of hydrogen-bond donors (Lipinski definition) is 0. The van der Waals surface area contributed by atoms with Crippen LogP contribution in [0.25, 0.3) is 0 Å². The van der Waals surface area contributed by atoms with Gasteiger partial charge in [0.25, 0.3) is 5.91 Å². The Morgan fingerprint density at radius 3 is 2.22 bits per heavy atom. The standard InChI is InChI=1S/C23H26N2O2/c1-17(2)24-21(26)23(16-22(24,3)4)15-20(18-11-7-5-8-12-18)25(27-23)19-13-9-6-10-14-19/h5-14,20H,1,15-16H2,2-4H3/t20-,23+/m1/s1. The molecule has 0 radical (unpaired) electrons. The van der Waals surface area contributed by atoms with Gasteiger partial charge in [-0.25, -0.2) is 5.06 Å². The summed E-state index contributed by atoms with van der Waals surface area (Å²) in [7, 11) is 0. The van der Waals surface area contributed by atoms with Gasteiger partial charge in [-0.15, -0.1) is 0 Å². The highest BCUT2D eigenvalue weighted by Gasteiger charge is 2.62. The van der Waals surface area contributed by atoms with Crippen LogP contribution in [0.15, 0.2) is 72.9 Å². The van der Waals surface area contributed by atoms with Crippen molar-refractivity contribution in [2.24, 2.45) is 0 Å². The van der Waals surface area contributed by atoms with Crippen LogP contribution in [0, 0.1) is 0 Å². The van der Waals surface area contributed by atoms with E-state index in [0.29, 0.717) is 12.8 Å². The van der Waals surface area contributed by atoms with E-state index in [-0.39, 0.29) is 17.5 Å². The molecule has 0 aliphatic carbocycles. The lowest BCUT2D eigenvalue weighted by Crippen LogP contribution is -2.42. The number of amides is 1. The van der Waals surface area contributed by atoms with Crippen molar-refractivity contribution in [3.05, 3.63) is 78.5 Å². The van der Waals surface area contributed by atoms with Gasteiger partial charge in [0.1, 0.15) is 0 Å². The second-order valence-electron chi connectivity index (χ2n) is 8.24. The summed E-state index contributed by atoms with van der Waals surface area (Å²) < 4.78 is 0. The molecule has 27 heavy (non-hydrogen) atoms. The molecule has 1 amide bonds. The first-order chi connectivity index (χ1) is 12.8. The lowest BCUT2D eigenvalue weighted by molar-refractivity contribution is -0.144. The first-order valence-corrected chi connectivity index (χ1v) is 9.43. The Bertz CT molecular complexity index is 813. The molecule has 0 bridgehead atoms. The maximum absolute atomic E-state index is 13.5. The molecule has 0 saturated carbocycles. The van der Waals surface area contributed by atoms with Gasteiger partial charge in [-0.3, -0.25) is 9.63 Å². The summed E-state index contributed by atoms with van der Waals surface area (Å²) >= 11 is 0. The Morgan fingerprint density at radius 2 is 1.67 bits per heavy atom. The molecule has 2 fully saturated rings. The van der Waals surface area contributed by atoms with Crippen molar-refractivity contribution in [1.29, 1.82) is 0 Å². The number of allylic oxidation sites excluding steroid dienone is 1. The predicted molar refractivity (Wildman–Crippen MR) is 107 cm³/mol. The third kappa shape index (κ3) is 2.85. The van der Waals surface area contributed by atoms with Crippen molar-refractivity contribution in [1.82, 2.24) is 4.90 Å². The van der Waals surface area contributed by atoms with Gasteiger partial charge in [-0.2, -0.15) is 0 Å². The summed E-state index contributed by atoms with van der Waals surface area (Å²) in [6.07, 6.45) is 1.26. The van der Waals surface area contributed by atoms with Crippen LogP contribution in [0.1, 0.15) is 45.2 Å². The zero-order valence-electron chi connectivity index (χ0n) is 16.2. The summed E-state index contributed by atoms with van der Waals surface area (Å²) in [5.74, 6) is 0.0133. The molecule has 2 atom stereocenters. The van der Waals surface area contributed by atoms with Crippen molar-refractivity contribution >= 4 is 11.6 Å². The number of nitrogens with zero attached hydrogens (tertiary/aromatic N) is 2. The van der Waals surface area contributed by atoms with Crippen molar-refractivity contribution in [3.8, 4) is 0 Å². The van der Waals surface area contributed by atoms with E-state index in [1.165, 1.54) is 0 Å². The molecular weight excluding hydrogens is 336 g/mol. The normalized spacial score (nSPS) is 26.8. The molecule has 2 aliphatic rings. The summed E-state index contributed by atoms with van der Waals surface area (Å²) in [4.78, 5) is 21.8. The highest BCUT2D eigenvalue weighted by Crippen LogP contribution is 2.52. The largest absolute Gasteiger partial charge is 0.309 e. The topological polar surface area (TPSA) is 32.8 Å². The monoisotopic (exact) mass is 362 g/mol. The number of hydrogen-bond acceptors (Lipinski definition) is 3. The minimum absolute atomic E-state index is 0.0133. The molecule has 4 heteroatoms. The van der Waals surface area contributed by atoms with Gasteiger partial charge in [0.15, 0.2) is 5.60 Å². The first-order valence-electron chi connectivity index (χ1n) is 9.43. The average molecular weight is 362 g/mol. The number of carbonyl (C=O) groups is 1. The quantitative estimate of drug-likeness (QED) is 0.782. The average Bonchev–Trinajstić information content (AvgIpc) is 3.11. The third-order valence-corrected chi connectivity index (χ3v) is 5.57. The number of anilines is 1. The molecule has 0 unspecified atom stereocenters.